The van der Waals surface area contributed by atoms with E-state index in [-0.39, 0.29) is 17.9 Å². The fourth-order valence-corrected chi connectivity index (χ4v) is 1.84. The summed E-state index contributed by atoms with van der Waals surface area (Å²) in [6.07, 6.45) is 0. The van der Waals surface area contributed by atoms with Crippen molar-refractivity contribution in [1.82, 2.24) is 5.32 Å². The molecule has 5 nitrogen and oxygen atoms in total. The first kappa shape index (κ1) is 17.5. The summed E-state index contributed by atoms with van der Waals surface area (Å²) in [5, 5.41) is 5.89. The van der Waals surface area contributed by atoms with Crippen molar-refractivity contribution in [3.8, 4) is 5.75 Å². The average Bonchev–Trinajstić information content (AvgIpc) is 2.42. The van der Waals surface area contributed by atoms with E-state index in [9.17, 15) is 4.79 Å². The van der Waals surface area contributed by atoms with Gasteiger partial charge in [-0.25, -0.2) is 0 Å². The molecule has 118 valence electrons. The van der Waals surface area contributed by atoms with E-state index in [1.807, 2.05) is 18.2 Å². The van der Waals surface area contributed by atoms with Crippen LogP contribution in [0.15, 0.2) is 18.2 Å². The van der Waals surface area contributed by atoms with Crippen molar-refractivity contribution in [2.45, 2.75) is 26.2 Å². The minimum Gasteiger partial charge on any atom is -0.495 e. The van der Waals surface area contributed by atoms with Gasteiger partial charge in [0, 0.05) is 13.7 Å². The van der Waals surface area contributed by atoms with Crippen LogP contribution in [0, 0.1) is 0 Å². The van der Waals surface area contributed by atoms with Crippen LogP contribution in [0.25, 0.3) is 0 Å². The van der Waals surface area contributed by atoms with E-state index < -0.39 is 0 Å². The molecule has 0 aliphatic carbocycles. The van der Waals surface area contributed by atoms with Gasteiger partial charge >= 0.3 is 0 Å². The first-order chi connectivity index (χ1) is 9.88. The minimum atomic E-state index is -0.101. The summed E-state index contributed by atoms with van der Waals surface area (Å²) in [7, 11) is 3.23. The van der Waals surface area contributed by atoms with Gasteiger partial charge in [-0.2, -0.15) is 0 Å². The Morgan fingerprint density at radius 3 is 2.52 bits per heavy atom. The monoisotopic (exact) mass is 294 g/mol. The maximum atomic E-state index is 11.9. The lowest BCUT2D eigenvalue weighted by Gasteiger charge is -2.21. The molecule has 2 N–H and O–H groups in total. The highest BCUT2D eigenvalue weighted by atomic mass is 16.5. The Bertz CT molecular complexity index is 467. The predicted molar refractivity (Wildman–Crippen MR) is 85.1 cm³/mol. The van der Waals surface area contributed by atoms with E-state index in [4.69, 9.17) is 9.47 Å². The van der Waals surface area contributed by atoms with Gasteiger partial charge in [0.25, 0.3) is 0 Å². The molecule has 1 amide bonds. The molecule has 0 atom stereocenters. The summed E-state index contributed by atoms with van der Waals surface area (Å²) in [5.74, 6) is 0.559. The number of methoxy groups -OCH3 is 2. The second-order valence-corrected chi connectivity index (χ2v) is 5.88. The van der Waals surface area contributed by atoms with Gasteiger partial charge in [0.1, 0.15) is 5.75 Å². The van der Waals surface area contributed by atoms with Crippen molar-refractivity contribution in [3.05, 3.63) is 23.8 Å². The van der Waals surface area contributed by atoms with Crippen molar-refractivity contribution in [2.75, 3.05) is 39.2 Å². The van der Waals surface area contributed by atoms with Crippen molar-refractivity contribution in [1.29, 1.82) is 0 Å². The van der Waals surface area contributed by atoms with Crippen molar-refractivity contribution in [2.24, 2.45) is 0 Å². The van der Waals surface area contributed by atoms with E-state index in [0.717, 1.165) is 5.56 Å². The number of amides is 1. The molecule has 0 fully saturated rings. The molecule has 0 bridgehead atoms. The summed E-state index contributed by atoms with van der Waals surface area (Å²) in [5.41, 5.74) is 1.86. The van der Waals surface area contributed by atoms with Gasteiger partial charge in [-0.05, 0) is 23.1 Å². The fourth-order valence-electron chi connectivity index (χ4n) is 1.84. The van der Waals surface area contributed by atoms with Crippen molar-refractivity contribution < 1.29 is 14.3 Å². The molecule has 0 aliphatic rings. The second kappa shape index (κ2) is 8.00. The zero-order chi connectivity index (χ0) is 15.9. The molecular weight excluding hydrogens is 268 g/mol. The molecule has 0 aromatic heterocycles. The predicted octanol–water partition coefficient (Wildman–Crippen LogP) is 2.17. The van der Waals surface area contributed by atoms with E-state index in [1.165, 1.54) is 0 Å². The number of rotatable bonds is 7. The molecule has 0 aliphatic heterocycles. The Hall–Kier alpha value is -1.59. The Morgan fingerprint density at radius 2 is 1.95 bits per heavy atom. The van der Waals surface area contributed by atoms with Gasteiger partial charge in [-0.1, -0.05) is 26.8 Å². The van der Waals surface area contributed by atoms with Crippen LogP contribution < -0.4 is 15.4 Å². The van der Waals surface area contributed by atoms with Gasteiger partial charge in [-0.15, -0.1) is 0 Å². The topological polar surface area (TPSA) is 59.6 Å². The third-order valence-electron chi connectivity index (χ3n) is 3.11. The molecule has 0 heterocycles. The number of carbonyl (C=O) groups is 1. The Morgan fingerprint density at radius 1 is 1.24 bits per heavy atom. The number of nitrogens with one attached hydrogen (secondary N) is 2. The Balaban J connectivity index is 2.74. The molecule has 0 spiro atoms. The number of carbonyl (C=O) groups excluding carboxylic acids is 1. The molecule has 21 heavy (non-hydrogen) atoms. The van der Waals surface area contributed by atoms with Gasteiger partial charge in [0.05, 0.1) is 25.9 Å². The van der Waals surface area contributed by atoms with Crippen LogP contribution in [0.1, 0.15) is 26.3 Å². The van der Waals surface area contributed by atoms with Gasteiger partial charge in [-0.3, -0.25) is 4.79 Å². The lowest BCUT2D eigenvalue weighted by molar-refractivity contribution is -0.115. The SMILES string of the molecule is COCCNCC(=O)Nc1cc(C(C)(C)C)ccc1OC. The van der Waals surface area contributed by atoms with Crippen molar-refractivity contribution >= 4 is 11.6 Å². The minimum absolute atomic E-state index is 0.0163. The lowest BCUT2D eigenvalue weighted by Crippen LogP contribution is -2.30. The molecular formula is C16H26N2O3. The molecule has 0 saturated carbocycles. The normalized spacial score (nSPS) is 11.3. The highest BCUT2D eigenvalue weighted by molar-refractivity contribution is 5.93. The van der Waals surface area contributed by atoms with Crippen LogP contribution >= 0.6 is 0 Å². The molecule has 0 saturated heterocycles. The van der Waals surface area contributed by atoms with Crippen LogP contribution in [-0.2, 0) is 14.9 Å². The molecule has 1 aromatic rings. The maximum Gasteiger partial charge on any atom is 0.238 e. The number of hydrogen-bond donors (Lipinski definition) is 2. The van der Waals surface area contributed by atoms with Crippen molar-refractivity contribution in [3.63, 3.8) is 0 Å². The average molecular weight is 294 g/mol. The highest BCUT2D eigenvalue weighted by Crippen LogP contribution is 2.31. The summed E-state index contributed by atoms with van der Waals surface area (Å²) >= 11 is 0. The smallest absolute Gasteiger partial charge is 0.238 e. The van der Waals surface area contributed by atoms with Crippen LogP contribution in [0.4, 0.5) is 5.69 Å². The van der Waals surface area contributed by atoms with Crippen LogP contribution in [0.3, 0.4) is 0 Å². The lowest BCUT2D eigenvalue weighted by atomic mass is 9.87. The molecule has 0 radical (unpaired) electrons. The summed E-state index contributed by atoms with van der Waals surface area (Å²) < 4.78 is 10.2. The third-order valence-corrected chi connectivity index (χ3v) is 3.11. The first-order valence-corrected chi connectivity index (χ1v) is 7.06. The van der Waals surface area contributed by atoms with Gasteiger partial charge < -0.3 is 20.1 Å². The summed E-state index contributed by atoms with van der Waals surface area (Å²) in [4.78, 5) is 11.9. The second-order valence-electron chi connectivity index (χ2n) is 5.88. The number of hydrogen-bond acceptors (Lipinski definition) is 4. The van der Waals surface area contributed by atoms with Crippen LogP contribution in [0.5, 0.6) is 5.75 Å². The van der Waals surface area contributed by atoms with E-state index in [0.29, 0.717) is 24.6 Å². The molecule has 1 aromatic carbocycles. The molecule has 1 rings (SSSR count). The third kappa shape index (κ3) is 5.73. The zero-order valence-corrected chi connectivity index (χ0v) is 13.6. The Labute approximate surface area is 127 Å². The van der Waals surface area contributed by atoms with Crippen LogP contribution in [-0.4, -0.2) is 39.8 Å². The Kier molecular flexibility index (Phi) is 6.65. The van der Waals surface area contributed by atoms with E-state index in [2.05, 4.69) is 31.4 Å². The summed E-state index contributed by atoms with van der Waals surface area (Å²) in [6, 6.07) is 5.87. The maximum absolute atomic E-state index is 11.9. The largest absolute Gasteiger partial charge is 0.495 e. The fraction of sp³-hybridized carbons (Fsp3) is 0.562. The van der Waals surface area contributed by atoms with E-state index >= 15 is 0 Å². The molecule has 5 heteroatoms. The highest BCUT2D eigenvalue weighted by Gasteiger charge is 2.16. The quantitative estimate of drug-likeness (QED) is 0.757. The first-order valence-electron chi connectivity index (χ1n) is 7.06. The van der Waals surface area contributed by atoms with Crippen LogP contribution in [0.2, 0.25) is 0 Å². The number of benzene rings is 1. The number of ether oxygens (including phenoxy) is 2. The van der Waals surface area contributed by atoms with Gasteiger partial charge in [0.2, 0.25) is 5.91 Å². The molecule has 0 unspecified atom stereocenters. The standard InChI is InChI=1S/C16H26N2O3/c1-16(2,3)12-6-7-14(21-5)13(10-12)18-15(19)11-17-8-9-20-4/h6-7,10,17H,8-9,11H2,1-5H3,(H,18,19). The number of anilines is 1. The zero-order valence-electron chi connectivity index (χ0n) is 13.6. The summed E-state index contributed by atoms with van der Waals surface area (Å²) in [6.45, 7) is 7.86. The van der Waals surface area contributed by atoms with Gasteiger partial charge in [0.15, 0.2) is 0 Å². The van der Waals surface area contributed by atoms with E-state index in [1.54, 1.807) is 14.2 Å².